The molecule has 0 radical (unpaired) electrons. The Kier molecular flexibility index (Phi) is 6.02. The number of nitro benzene ring substituents is 1. The molecule has 1 saturated heterocycles. The van der Waals surface area contributed by atoms with E-state index in [-0.39, 0.29) is 18.0 Å². The molecule has 0 saturated carbocycles. The van der Waals surface area contributed by atoms with Crippen LogP contribution in [0.3, 0.4) is 0 Å². The van der Waals surface area contributed by atoms with Crippen LogP contribution < -0.4 is 15.1 Å². The van der Waals surface area contributed by atoms with Crippen molar-refractivity contribution in [2.24, 2.45) is 0 Å². The molecule has 0 spiro atoms. The standard InChI is InChI=1S/C22H22N6O3/c29-22(14-17-6-4-5-9-19(17)28(30)31)25-20-15-21(24-16-23-20)27-12-10-26(11-13-27)18-7-2-1-3-8-18/h1-9,15-16H,10-14H2,(H,23,24,25,29). The molecular formula is C22H22N6O3. The maximum atomic E-state index is 12.4. The molecule has 1 N–H and O–H groups in total. The predicted molar refractivity (Wildman–Crippen MR) is 118 cm³/mol. The van der Waals surface area contributed by atoms with Gasteiger partial charge in [0.15, 0.2) is 0 Å². The largest absolute Gasteiger partial charge is 0.368 e. The normalized spacial score (nSPS) is 13.7. The molecule has 3 aromatic rings. The second-order valence-corrected chi connectivity index (χ2v) is 7.18. The van der Waals surface area contributed by atoms with Gasteiger partial charge in [0, 0.05) is 49.6 Å². The van der Waals surface area contributed by atoms with Gasteiger partial charge in [0.05, 0.1) is 11.3 Å². The number of nitro groups is 1. The van der Waals surface area contributed by atoms with Crippen molar-refractivity contribution >= 4 is 28.9 Å². The summed E-state index contributed by atoms with van der Waals surface area (Å²) in [6, 6.07) is 18.2. The minimum atomic E-state index is -0.486. The number of piperazine rings is 1. The third-order valence-corrected chi connectivity index (χ3v) is 5.18. The molecule has 1 aromatic heterocycles. The topological polar surface area (TPSA) is 104 Å². The zero-order valence-corrected chi connectivity index (χ0v) is 16.8. The quantitative estimate of drug-likeness (QED) is 0.485. The molecule has 1 aliphatic rings. The van der Waals surface area contributed by atoms with E-state index in [1.807, 2.05) is 18.2 Å². The van der Waals surface area contributed by atoms with E-state index in [4.69, 9.17) is 0 Å². The molecule has 1 fully saturated rings. The molecule has 1 amide bonds. The summed E-state index contributed by atoms with van der Waals surface area (Å²) in [5, 5.41) is 13.9. The number of hydrogen-bond acceptors (Lipinski definition) is 7. The lowest BCUT2D eigenvalue weighted by molar-refractivity contribution is -0.385. The van der Waals surface area contributed by atoms with Crippen LogP contribution in [0.4, 0.5) is 23.0 Å². The lowest BCUT2D eigenvalue weighted by atomic mass is 10.1. The number of carbonyl (C=O) groups is 1. The second-order valence-electron chi connectivity index (χ2n) is 7.18. The van der Waals surface area contributed by atoms with E-state index < -0.39 is 4.92 Å². The van der Waals surface area contributed by atoms with Gasteiger partial charge in [0.1, 0.15) is 18.0 Å². The Morgan fingerprint density at radius 1 is 0.968 bits per heavy atom. The molecule has 0 unspecified atom stereocenters. The van der Waals surface area contributed by atoms with Crippen LogP contribution in [0.5, 0.6) is 0 Å². The second kappa shape index (κ2) is 9.21. The van der Waals surface area contributed by atoms with Crippen LogP contribution in [0.25, 0.3) is 0 Å². The van der Waals surface area contributed by atoms with E-state index >= 15 is 0 Å². The molecular weight excluding hydrogens is 396 g/mol. The van der Waals surface area contributed by atoms with Gasteiger partial charge in [-0.05, 0) is 12.1 Å². The lowest BCUT2D eigenvalue weighted by Gasteiger charge is -2.36. The Morgan fingerprint density at radius 2 is 1.65 bits per heavy atom. The highest BCUT2D eigenvalue weighted by atomic mass is 16.6. The van der Waals surface area contributed by atoms with Crippen LogP contribution in [0.15, 0.2) is 67.0 Å². The predicted octanol–water partition coefficient (Wildman–Crippen LogP) is 2.89. The summed E-state index contributed by atoms with van der Waals surface area (Å²) in [6.07, 6.45) is 1.31. The minimum absolute atomic E-state index is 0.0719. The van der Waals surface area contributed by atoms with Crippen LogP contribution in [0, 0.1) is 10.1 Å². The number of benzene rings is 2. The number of rotatable bonds is 6. The van der Waals surface area contributed by atoms with Gasteiger partial charge in [-0.1, -0.05) is 36.4 Å². The number of para-hydroxylation sites is 2. The van der Waals surface area contributed by atoms with Gasteiger partial charge in [0.25, 0.3) is 5.69 Å². The number of nitrogens with zero attached hydrogens (tertiary/aromatic N) is 5. The summed E-state index contributed by atoms with van der Waals surface area (Å²) >= 11 is 0. The van der Waals surface area contributed by atoms with Gasteiger partial charge < -0.3 is 15.1 Å². The molecule has 9 heteroatoms. The molecule has 0 aliphatic carbocycles. The van der Waals surface area contributed by atoms with Crippen molar-refractivity contribution in [3.05, 3.63) is 82.7 Å². The summed E-state index contributed by atoms with van der Waals surface area (Å²) in [6.45, 7) is 3.34. The Morgan fingerprint density at radius 3 is 2.39 bits per heavy atom. The summed E-state index contributed by atoms with van der Waals surface area (Å²) < 4.78 is 0. The molecule has 158 valence electrons. The molecule has 0 bridgehead atoms. The average Bonchev–Trinajstić information content (AvgIpc) is 2.80. The van der Waals surface area contributed by atoms with Crippen LogP contribution in [-0.2, 0) is 11.2 Å². The van der Waals surface area contributed by atoms with Gasteiger partial charge in [-0.2, -0.15) is 0 Å². The number of nitrogens with one attached hydrogen (secondary N) is 1. The first-order chi connectivity index (χ1) is 15.1. The van der Waals surface area contributed by atoms with Gasteiger partial charge in [-0.15, -0.1) is 0 Å². The molecule has 2 aromatic carbocycles. The lowest BCUT2D eigenvalue weighted by Crippen LogP contribution is -2.46. The third-order valence-electron chi connectivity index (χ3n) is 5.18. The highest BCUT2D eigenvalue weighted by Gasteiger charge is 2.20. The molecule has 0 atom stereocenters. The maximum Gasteiger partial charge on any atom is 0.273 e. The number of aromatic nitrogens is 2. The average molecular weight is 418 g/mol. The van der Waals surface area contributed by atoms with Crippen molar-refractivity contribution in [1.82, 2.24) is 9.97 Å². The SMILES string of the molecule is O=C(Cc1ccccc1[N+](=O)[O-])Nc1cc(N2CCN(c3ccccc3)CC2)ncn1. The summed E-state index contributed by atoms with van der Waals surface area (Å²) in [4.78, 5) is 36.0. The number of hydrogen-bond donors (Lipinski definition) is 1. The van der Waals surface area contributed by atoms with E-state index in [0.29, 0.717) is 11.4 Å². The van der Waals surface area contributed by atoms with Crippen molar-refractivity contribution in [3.8, 4) is 0 Å². The zero-order chi connectivity index (χ0) is 21.6. The van der Waals surface area contributed by atoms with Crippen molar-refractivity contribution < 1.29 is 9.72 Å². The summed E-state index contributed by atoms with van der Waals surface area (Å²) in [5.41, 5.74) is 1.49. The summed E-state index contributed by atoms with van der Waals surface area (Å²) in [5.74, 6) is 0.746. The van der Waals surface area contributed by atoms with Gasteiger partial charge in [-0.25, -0.2) is 9.97 Å². The van der Waals surface area contributed by atoms with Gasteiger partial charge >= 0.3 is 0 Å². The Hall–Kier alpha value is -4.01. The first-order valence-electron chi connectivity index (χ1n) is 9.99. The fraction of sp³-hybridized carbons (Fsp3) is 0.227. The smallest absolute Gasteiger partial charge is 0.273 e. The number of amides is 1. The first-order valence-corrected chi connectivity index (χ1v) is 9.99. The van der Waals surface area contributed by atoms with E-state index in [1.54, 1.807) is 24.3 Å². The van der Waals surface area contributed by atoms with Gasteiger partial charge in [-0.3, -0.25) is 14.9 Å². The van der Waals surface area contributed by atoms with E-state index in [2.05, 4.69) is 37.2 Å². The van der Waals surface area contributed by atoms with E-state index in [1.165, 1.54) is 18.1 Å². The van der Waals surface area contributed by atoms with Crippen molar-refractivity contribution in [2.75, 3.05) is 41.3 Å². The van der Waals surface area contributed by atoms with Crippen LogP contribution in [0.1, 0.15) is 5.56 Å². The van der Waals surface area contributed by atoms with Crippen molar-refractivity contribution in [1.29, 1.82) is 0 Å². The zero-order valence-electron chi connectivity index (χ0n) is 16.8. The van der Waals surface area contributed by atoms with Crippen LogP contribution in [0.2, 0.25) is 0 Å². The van der Waals surface area contributed by atoms with Crippen LogP contribution in [-0.4, -0.2) is 47.0 Å². The molecule has 1 aliphatic heterocycles. The highest BCUT2D eigenvalue weighted by Crippen LogP contribution is 2.21. The van der Waals surface area contributed by atoms with E-state index in [0.717, 1.165) is 32.0 Å². The molecule has 4 rings (SSSR count). The molecule has 2 heterocycles. The Balaban J connectivity index is 1.38. The molecule has 31 heavy (non-hydrogen) atoms. The monoisotopic (exact) mass is 418 g/mol. The number of anilines is 3. The summed E-state index contributed by atoms with van der Waals surface area (Å²) in [7, 11) is 0. The highest BCUT2D eigenvalue weighted by molar-refractivity contribution is 5.92. The fourth-order valence-corrected chi connectivity index (χ4v) is 3.62. The Labute approximate surface area is 179 Å². The third kappa shape index (κ3) is 4.95. The van der Waals surface area contributed by atoms with E-state index in [9.17, 15) is 14.9 Å². The maximum absolute atomic E-state index is 12.4. The molecule has 9 nitrogen and oxygen atoms in total. The minimum Gasteiger partial charge on any atom is -0.368 e. The van der Waals surface area contributed by atoms with Crippen LogP contribution >= 0.6 is 0 Å². The number of carbonyl (C=O) groups excluding carboxylic acids is 1. The Bertz CT molecular complexity index is 1070. The fourth-order valence-electron chi connectivity index (χ4n) is 3.62. The van der Waals surface area contributed by atoms with Crippen molar-refractivity contribution in [3.63, 3.8) is 0 Å². The first kappa shape index (κ1) is 20.3. The van der Waals surface area contributed by atoms with Crippen molar-refractivity contribution in [2.45, 2.75) is 6.42 Å². The van der Waals surface area contributed by atoms with Gasteiger partial charge in [0.2, 0.25) is 5.91 Å².